The third-order valence-electron chi connectivity index (χ3n) is 15.0. The lowest BCUT2D eigenvalue weighted by atomic mass is 9.33. The van der Waals surface area contributed by atoms with Gasteiger partial charge in [0.1, 0.15) is 11.7 Å². The van der Waals surface area contributed by atoms with Crippen LogP contribution >= 0.6 is 0 Å². The number of carbonyl (C=O) groups excluding carboxylic acids is 4. The maximum atomic E-state index is 14.7. The number of piperazine rings is 1. The molecule has 10 heteroatoms. The Bertz CT molecular complexity index is 1550. The first kappa shape index (κ1) is 34.7. The molecule has 0 bridgehead atoms. The smallest absolute Gasteiger partial charge is 0.409 e. The van der Waals surface area contributed by atoms with Crippen LogP contribution in [0.4, 0.5) is 9.59 Å². The number of allylic oxidation sites excluding steroid dienone is 3. The van der Waals surface area contributed by atoms with Crippen molar-refractivity contribution in [1.29, 1.82) is 5.26 Å². The van der Waals surface area contributed by atoms with E-state index < -0.39 is 27.3 Å². The van der Waals surface area contributed by atoms with Crippen molar-refractivity contribution >= 4 is 23.7 Å². The first-order valence-electron chi connectivity index (χ1n) is 17.8. The molecule has 262 valence electrons. The van der Waals surface area contributed by atoms with Gasteiger partial charge in [0.05, 0.1) is 12.7 Å². The number of hydrogen-bond acceptors (Lipinski definition) is 7. The zero-order valence-electron chi connectivity index (χ0n) is 30.1. The van der Waals surface area contributed by atoms with E-state index in [0.717, 1.165) is 37.7 Å². The Hall–Kier alpha value is -3.19. The number of urea groups is 1. The number of carbonyl (C=O) groups is 4. The molecule has 2 N–H and O–H groups in total. The topological polar surface area (TPSA) is 140 Å². The summed E-state index contributed by atoms with van der Waals surface area (Å²) in [4.78, 5) is 56.5. The SMILES string of the molecule is COC(=O)N1CCN(C(=O)NC[C@@]2(C)CC[C@]3(C)CC[C@@]4(C)[C@]5(C)CC[C@H]6C(C)(C)C(=O)C(C#N)=C[C@]6(C)C5=CC(=O)[C@]4(O)[C@@H]3C2)CC1. The molecule has 6 rings (SSSR count). The molecule has 0 radical (unpaired) electrons. The highest BCUT2D eigenvalue weighted by Gasteiger charge is 2.75. The van der Waals surface area contributed by atoms with E-state index in [-0.39, 0.29) is 51.9 Å². The standard InChI is InChI=1S/C38H54N4O6/c1-32(2)25-9-10-36(6)26(35(25,5)20-24(22-39)29(32)44)19-28(43)38(47)27-21-33(3,11-12-34(27,4)13-14-37(36,38)7)23-40-30(45)41-15-17-42(18-16-41)31(46)48-8/h19-20,25,27,47H,9-18,21,23H2,1-8H3,(H,40,45)/t25-,27+,33-,34+,35-,36+,37-,38+/m0/s1. The second kappa shape index (κ2) is 10.9. The molecular weight excluding hydrogens is 608 g/mol. The fraction of sp³-hybridized carbons (Fsp3) is 0.763. The van der Waals surface area contributed by atoms with E-state index in [0.29, 0.717) is 45.6 Å². The van der Waals surface area contributed by atoms with Crippen LogP contribution in [0.5, 0.6) is 0 Å². The Morgan fingerprint density at radius 1 is 0.958 bits per heavy atom. The molecule has 1 aliphatic heterocycles. The van der Waals surface area contributed by atoms with Crippen molar-refractivity contribution in [2.75, 3.05) is 39.8 Å². The number of nitrogens with one attached hydrogen (secondary N) is 1. The van der Waals surface area contributed by atoms with E-state index in [9.17, 15) is 29.5 Å². The van der Waals surface area contributed by atoms with Gasteiger partial charge in [-0.1, -0.05) is 54.5 Å². The highest BCUT2D eigenvalue weighted by Crippen LogP contribution is 2.75. The van der Waals surface area contributed by atoms with E-state index in [4.69, 9.17) is 4.74 Å². The molecule has 3 amide bonds. The van der Waals surface area contributed by atoms with Crippen LogP contribution in [0.25, 0.3) is 0 Å². The summed E-state index contributed by atoms with van der Waals surface area (Å²) >= 11 is 0. The minimum Gasteiger partial charge on any atom is -0.453 e. The molecule has 1 saturated heterocycles. The number of nitriles is 1. The lowest BCUT2D eigenvalue weighted by Gasteiger charge is -2.71. The van der Waals surface area contributed by atoms with Crippen LogP contribution in [-0.4, -0.2) is 84.0 Å². The van der Waals surface area contributed by atoms with Crippen molar-refractivity contribution in [2.45, 2.75) is 99.0 Å². The van der Waals surface area contributed by atoms with Gasteiger partial charge in [-0.05, 0) is 78.8 Å². The second-order valence-corrected chi connectivity index (χ2v) is 17.8. The molecular formula is C38H54N4O6. The van der Waals surface area contributed by atoms with Crippen molar-refractivity contribution in [3.8, 4) is 6.07 Å². The molecule has 1 heterocycles. The van der Waals surface area contributed by atoms with Crippen LogP contribution in [0.1, 0.15) is 93.4 Å². The number of amides is 3. The highest BCUT2D eigenvalue weighted by molar-refractivity contribution is 6.05. The predicted molar refractivity (Wildman–Crippen MR) is 179 cm³/mol. The van der Waals surface area contributed by atoms with Crippen LogP contribution in [-0.2, 0) is 14.3 Å². The van der Waals surface area contributed by atoms with E-state index in [1.807, 2.05) is 19.9 Å². The van der Waals surface area contributed by atoms with Crippen molar-refractivity contribution in [2.24, 2.45) is 44.3 Å². The Morgan fingerprint density at radius 2 is 1.58 bits per heavy atom. The van der Waals surface area contributed by atoms with Gasteiger partial charge in [-0.25, -0.2) is 9.59 Å². The first-order chi connectivity index (χ1) is 22.3. The van der Waals surface area contributed by atoms with Crippen molar-refractivity contribution < 1.29 is 29.0 Å². The summed E-state index contributed by atoms with van der Waals surface area (Å²) < 4.78 is 4.82. The zero-order chi connectivity index (χ0) is 35.3. The molecule has 10 nitrogen and oxygen atoms in total. The van der Waals surface area contributed by atoms with Gasteiger partial charge in [0.25, 0.3) is 0 Å². The van der Waals surface area contributed by atoms with Crippen LogP contribution in [0.3, 0.4) is 0 Å². The quantitative estimate of drug-likeness (QED) is 0.403. The molecule has 0 spiro atoms. The number of hydrogen-bond donors (Lipinski definition) is 2. The van der Waals surface area contributed by atoms with E-state index in [2.05, 4.69) is 46.0 Å². The summed E-state index contributed by atoms with van der Waals surface area (Å²) in [6, 6.07) is 1.99. The van der Waals surface area contributed by atoms with Crippen molar-refractivity contribution in [1.82, 2.24) is 15.1 Å². The molecule has 0 aromatic carbocycles. The maximum Gasteiger partial charge on any atom is 0.409 e. The zero-order valence-corrected chi connectivity index (χ0v) is 30.1. The van der Waals surface area contributed by atoms with Gasteiger partial charge in [-0.2, -0.15) is 5.26 Å². The Morgan fingerprint density at radius 3 is 2.21 bits per heavy atom. The summed E-state index contributed by atoms with van der Waals surface area (Å²) in [5.41, 5.74) is -3.72. The number of rotatable bonds is 2. The van der Waals surface area contributed by atoms with Gasteiger partial charge in [0.15, 0.2) is 11.6 Å². The normalized spacial score (nSPS) is 43.3. The fourth-order valence-corrected chi connectivity index (χ4v) is 11.6. The molecule has 0 aromatic rings. The Balaban J connectivity index is 1.29. The monoisotopic (exact) mass is 662 g/mol. The van der Waals surface area contributed by atoms with Gasteiger partial charge in [-0.15, -0.1) is 0 Å². The number of fused-ring (bicyclic) bond motifs is 7. The van der Waals surface area contributed by atoms with Gasteiger partial charge in [-0.3, -0.25) is 9.59 Å². The minimum absolute atomic E-state index is 0.0598. The largest absolute Gasteiger partial charge is 0.453 e. The Labute approximate surface area is 285 Å². The van der Waals surface area contributed by atoms with E-state index in [1.54, 1.807) is 15.9 Å². The molecule has 3 saturated carbocycles. The van der Waals surface area contributed by atoms with Crippen LogP contribution < -0.4 is 5.32 Å². The average molecular weight is 663 g/mol. The number of nitrogens with zero attached hydrogens (tertiary/aromatic N) is 3. The summed E-state index contributed by atoms with van der Waals surface area (Å²) in [5.74, 6) is -0.749. The number of aliphatic hydroxyl groups is 1. The second-order valence-electron chi connectivity index (χ2n) is 17.8. The van der Waals surface area contributed by atoms with Gasteiger partial charge in [0, 0.05) is 54.9 Å². The maximum absolute atomic E-state index is 14.7. The number of Topliss-reactive ketones (excluding diaryl/α,β-unsaturated/α-hetero) is 1. The minimum atomic E-state index is -1.60. The molecule has 6 aliphatic rings. The third-order valence-corrected chi connectivity index (χ3v) is 15.0. The number of ether oxygens (including phenoxy) is 1. The van der Waals surface area contributed by atoms with Gasteiger partial charge >= 0.3 is 12.1 Å². The van der Waals surface area contributed by atoms with E-state index >= 15 is 0 Å². The molecule has 8 atom stereocenters. The summed E-state index contributed by atoms with van der Waals surface area (Å²) in [6.07, 6.45) is 8.61. The number of ketones is 2. The fourth-order valence-electron chi connectivity index (χ4n) is 11.6. The Kier molecular flexibility index (Phi) is 7.87. The summed E-state index contributed by atoms with van der Waals surface area (Å²) in [7, 11) is 1.35. The average Bonchev–Trinajstić information content (AvgIpc) is 3.05. The molecule has 4 fully saturated rings. The number of methoxy groups -OCH3 is 1. The highest BCUT2D eigenvalue weighted by atomic mass is 16.5. The van der Waals surface area contributed by atoms with Gasteiger partial charge < -0.3 is 25.0 Å². The molecule has 0 unspecified atom stereocenters. The van der Waals surface area contributed by atoms with Gasteiger partial charge in [0.2, 0.25) is 0 Å². The van der Waals surface area contributed by atoms with Crippen molar-refractivity contribution in [3.63, 3.8) is 0 Å². The van der Waals surface area contributed by atoms with E-state index in [1.165, 1.54) is 7.11 Å². The van der Waals surface area contributed by atoms with Crippen molar-refractivity contribution in [3.05, 3.63) is 23.3 Å². The molecule has 0 aromatic heterocycles. The van der Waals surface area contributed by atoms with Crippen LogP contribution in [0.2, 0.25) is 0 Å². The van der Waals surface area contributed by atoms with Crippen LogP contribution in [0, 0.1) is 55.7 Å². The predicted octanol–water partition coefficient (Wildman–Crippen LogP) is 5.41. The summed E-state index contributed by atoms with van der Waals surface area (Å²) in [6.45, 7) is 16.8. The lowest BCUT2D eigenvalue weighted by Crippen LogP contribution is -2.74. The van der Waals surface area contributed by atoms with Crippen LogP contribution in [0.15, 0.2) is 23.3 Å². The third kappa shape index (κ3) is 4.51. The first-order valence-corrected chi connectivity index (χ1v) is 17.8. The molecule has 5 aliphatic carbocycles. The summed E-state index contributed by atoms with van der Waals surface area (Å²) in [5, 5.41) is 26.3. The lowest BCUT2D eigenvalue weighted by molar-refractivity contribution is -0.243. The molecule has 48 heavy (non-hydrogen) atoms.